The van der Waals surface area contributed by atoms with E-state index >= 15 is 0 Å². The molecule has 3 N–H and O–H groups in total. The normalized spacial score (nSPS) is 12.8. The van der Waals surface area contributed by atoms with Crippen LogP contribution < -0.4 is 10.6 Å². The van der Waals surface area contributed by atoms with E-state index in [4.69, 9.17) is 4.42 Å². The van der Waals surface area contributed by atoms with E-state index in [1.807, 2.05) is 18.2 Å². The second-order valence-corrected chi connectivity index (χ2v) is 10.5. The summed E-state index contributed by atoms with van der Waals surface area (Å²) in [6.07, 6.45) is -0.126. The number of halogens is 3. The highest BCUT2D eigenvalue weighted by Crippen LogP contribution is 2.25. The summed E-state index contributed by atoms with van der Waals surface area (Å²) in [6.45, 7) is 2.74. The molecule has 0 radical (unpaired) electrons. The van der Waals surface area contributed by atoms with Crippen molar-refractivity contribution in [3.05, 3.63) is 125 Å². The lowest BCUT2D eigenvalue weighted by Gasteiger charge is -2.25. The van der Waals surface area contributed by atoms with E-state index in [0.29, 0.717) is 40.2 Å². The molecule has 2 atom stereocenters. The third kappa shape index (κ3) is 8.09. The lowest BCUT2D eigenvalue weighted by molar-refractivity contribution is -0.122. The number of aliphatic hydroxyl groups excluding tert-OH is 1. The third-order valence-electron chi connectivity index (χ3n) is 7.18. The zero-order valence-corrected chi connectivity index (χ0v) is 23.6. The van der Waals surface area contributed by atoms with Crippen LogP contribution in [0.4, 0.5) is 13.2 Å². The van der Waals surface area contributed by atoms with E-state index in [0.717, 1.165) is 18.1 Å². The molecule has 0 saturated heterocycles. The van der Waals surface area contributed by atoms with Gasteiger partial charge >= 0.3 is 0 Å². The average Bonchev–Trinajstić information content (AvgIpc) is 3.40. The topological polar surface area (TPSA) is 87.4 Å². The van der Waals surface area contributed by atoms with Gasteiger partial charge in [-0.3, -0.25) is 4.79 Å². The molecule has 222 valence electrons. The number of benzene rings is 4. The Bertz CT molecular complexity index is 1680. The summed E-state index contributed by atoms with van der Waals surface area (Å²) in [5.74, 6) is -1.88. The Balaban J connectivity index is 1.27. The maximum atomic E-state index is 13.9. The molecular formula is C34H32F3N3O3. The highest BCUT2D eigenvalue weighted by molar-refractivity contribution is 5.82. The highest BCUT2D eigenvalue weighted by Gasteiger charge is 2.23. The van der Waals surface area contributed by atoms with E-state index in [1.165, 1.54) is 29.8 Å². The molecule has 1 amide bonds. The number of carbonyl (C=O) groups is 1. The standard InChI is InChI=1S/C34H32F3N3O3/c1-2-21-4-3-5-23(12-21)19-38-20-31(41)29(16-24-13-27(36)18-28(37)14-24)39-33(42)17-22-6-11-32-30(15-22)40-34(43-32)25-7-9-26(35)10-8-25/h3-15,18,29,31,38,41H,2,16-17,19-20H2,1H3,(H,39,42). The molecule has 0 bridgehead atoms. The molecule has 0 spiro atoms. The molecule has 1 heterocycles. The zero-order chi connectivity index (χ0) is 30.3. The van der Waals surface area contributed by atoms with Crippen molar-refractivity contribution >= 4 is 17.0 Å². The smallest absolute Gasteiger partial charge is 0.227 e. The van der Waals surface area contributed by atoms with Gasteiger partial charge in [0.2, 0.25) is 11.8 Å². The summed E-state index contributed by atoms with van der Waals surface area (Å²) >= 11 is 0. The maximum absolute atomic E-state index is 13.9. The number of oxazole rings is 1. The number of fused-ring (bicyclic) bond motifs is 1. The van der Waals surface area contributed by atoms with Crippen LogP contribution in [-0.4, -0.2) is 34.7 Å². The van der Waals surface area contributed by atoms with E-state index in [1.54, 1.807) is 30.3 Å². The van der Waals surface area contributed by atoms with Crippen LogP contribution in [0.15, 0.2) is 89.3 Å². The van der Waals surface area contributed by atoms with Gasteiger partial charge < -0.3 is 20.2 Å². The number of aryl methyl sites for hydroxylation is 1. The van der Waals surface area contributed by atoms with Gasteiger partial charge in [-0.1, -0.05) is 37.3 Å². The highest BCUT2D eigenvalue weighted by atomic mass is 19.1. The predicted molar refractivity (Wildman–Crippen MR) is 159 cm³/mol. The molecule has 1 aromatic heterocycles. The number of aliphatic hydroxyl groups is 1. The SMILES string of the molecule is CCc1cccc(CNCC(O)C(Cc2cc(F)cc(F)c2)NC(=O)Cc2ccc3oc(-c4ccc(F)cc4)nc3c2)c1. The number of nitrogens with one attached hydrogen (secondary N) is 2. The van der Waals surface area contributed by atoms with Crippen LogP contribution in [0, 0.1) is 17.5 Å². The molecule has 6 nitrogen and oxygen atoms in total. The minimum Gasteiger partial charge on any atom is -0.436 e. The molecule has 5 aromatic rings. The Morgan fingerprint density at radius 3 is 2.35 bits per heavy atom. The van der Waals surface area contributed by atoms with Crippen molar-refractivity contribution in [2.24, 2.45) is 0 Å². The minimum absolute atomic E-state index is 0.0212. The summed E-state index contributed by atoms with van der Waals surface area (Å²) < 4.78 is 46.9. The fourth-order valence-electron chi connectivity index (χ4n) is 4.97. The van der Waals surface area contributed by atoms with Crippen LogP contribution in [0.3, 0.4) is 0 Å². The van der Waals surface area contributed by atoms with Crippen LogP contribution in [0.25, 0.3) is 22.6 Å². The Labute approximate surface area is 247 Å². The van der Waals surface area contributed by atoms with Crippen molar-refractivity contribution < 1.29 is 27.5 Å². The first-order valence-corrected chi connectivity index (χ1v) is 14.1. The molecule has 0 aliphatic rings. The molecule has 9 heteroatoms. The number of aromatic nitrogens is 1. The fourth-order valence-corrected chi connectivity index (χ4v) is 4.97. The number of carbonyl (C=O) groups excluding carboxylic acids is 1. The second kappa shape index (κ2) is 13.7. The first-order chi connectivity index (χ1) is 20.7. The molecule has 5 rings (SSSR count). The number of rotatable bonds is 12. The largest absolute Gasteiger partial charge is 0.436 e. The first-order valence-electron chi connectivity index (χ1n) is 14.1. The Kier molecular flexibility index (Phi) is 9.54. The number of hydrogen-bond acceptors (Lipinski definition) is 5. The first kappa shape index (κ1) is 30.0. The van der Waals surface area contributed by atoms with Crippen molar-refractivity contribution in [2.75, 3.05) is 6.54 Å². The van der Waals surface area contributed by atoms with E-state index in [9.17, 15) is 23.1 Å². The Morgan fingerprint density at radius 2 is 1.60 bits per heavy atom. The molecule has 43 heavy (non-hydrogen) atoms. The molecule has 0 aliphatic carbocycles. The summed E-state index contributed by atoms with van der Waals surface area (Å²) in [6, 6.07) is 21.4. The molecule has 4 aromatic carbocycles. The maximum Gasteiger partial charge on any atom is 0.227 e. The number of nitrogens with zero attached hydrogens (tertiary/aromatic N) is 1. The van der Waals surface area contributed by atoms with Gasteiger partial charge in [0.05, 0.1) is 18.6 Å². The van der Waals surface area contributed by atoms with Crippen LogP contribution in [0.5, 0.6) is 0 Å². The van der Waals surface area contributed by atoms with Crippen molar-refractivity contribution in [1.82, 2.24) is 15.6 Å². The summed E-state index contributed by atoms with van der Waals surface area (Å²) in [5, 5.41) is 17.1. The van der Waals surface area contributed by atoms with E-state index < -0.39 is 23.8 Å². The monoisotopic (exact) mass is 587 g/mol. The molecule has 0 saturated carbocycles. The number of amides is 1. The van der Waals surface area contributed by atoms with Crippen LogP contribution in [0.1, 0.15) is 29.2 Å². The fraction of sp³-hybridized carbons (Fsp3) is 0.235. The average molecular weight is 588 g/mol. The Morgan fingerprint density at radius 1 is 0.860 bits per heavy atom. The van der Waals surface area contributed by atoms with E-state index in [2.05, 4.69) is 28.6 Å². The van der Waals surface area contributed by atoms with Gasteiger partial charge in [-0.25, -0.2) is 18.2 Å². The van der Waals surface area contributed by atoms with Crippen molar-refractivity contribution in [3.63, 3.8) is 0 Å². The molecular weight excluding hydrogens is 555 g/mol. The van der Waals surface area contributed by atoms with Gasteiger partial charge in [0.25, 0.3) is 0 Å². The van der Waals surface area contributed by atoms with Gasteiger partial charge in [-0.15, -0.1) is 0 Å². The van der Waals surface area contributed by atoms with Crippen molar-refractivity contribution in [2.45, 2.75) is 44.9 Å². The van der Waals surface area contributed by atoms with Gasteiger partial charge in [0.15, 0.2) is 5.58 Å². The van der Waals surface area contributed by atoms with Crippen molar-refractivity contribution in [3.8, 4) is 11.5 Å². The van der Waals surface area contributed by atoms with Crippen LogP contribution in [0.2, 0.25) is 0 Å². The van der Waals surface area contributed by atoms with Crippen molar-refractivity contribution in [1.29, 1.82) is 0 Å². The van der Waals surface area contributed by atoms with E-state index in [-0.39, 0.29) is 31.1 Å². The van der Waals surface area contributed by atoms with Crippen LogP contribution in [-0.2, 0) is 30.6 Å². The predicted octanol–water partition coefficient (Wildman–Crippen LogP) is 5.90. The van der Waals surface area contributed by atoms with Gasteiger partial charge in [-0.2, -0.15) is 0 Å². The van der Waals surface area contributed by atoms with Crippen LogP contribution >= 0.6 is 0 Å². The van der Waals surface area contributed by atoms with Gasteiger partial charge in [-0.05, 0) is 83.6 Å². The number of hydrogen-bond donors (Lipinski definition) is 3. The zero-order valence-electron chi connectivity index (χ0n) is 23.6. The quantitative estimate of drug-likeness (QED) is 0.169. The molecule has 2 unspecified atom stereocenters. The minimum atomic E-state index is -1.04. The van der Waals surface area contributed by atoms with Gasteiger partial charge in [0.1, 0.15) is 23.0 Å². The summed E-state index contributed by atoms with van der Waals surface area (Å²) in [7, 11) is 0. The molecule has 0 aliphatic heterocycles. The second-order valence-electron chi connectivity index (χ2n) is 10.5. The lowest BCUT2D eigenvalue weighted by Crippen LogP contribution is -2.49. The third-order valence-corrected chi connectivity index (χ3v) is 7.18. The Hall–Kier alpha value is -4.47. The lowest BCUT2D eigenvalue weighted by atomic mass is 10.00. The summed E-state index contributed by atoms with van der Waals surface area (Å²) in [5.41, 5.74) is 4.90. The van der Waals surface area contributed by atoms with Gasteiger partial charge in [0, 0.05) is 24.7 Å². The summed E-state index contributed by atoms with van der Waals surface area (Å²) in [4.78, 5) is 17.6. The molecule has 0 fully saturated rings.